The predicted octanol–water partition coefficient (Wildman–Crippen LogP) is 1.85. The second kappa shape index (κ2) is 6.04. The fourth-order valence-electron chi connectivity index (χ4n) is 2.65. The topological polar surface area (TPSA) is 57.7 Å². The molecule has 6 nitrogen and oxygen atoms in total. The van der Waals surface area contributed by atoms with E-state index in [0.29, 0.717) is 13.1 Å². The average Bonchev–Trinajstić information content (AvgIpc) is 2.89. The molecule has 2 aliphatic rings. The minimum absolute atomic E-state index is 0.213. The van der Waals surface area contributed by atoms with Crippen LogP contribution < -0.4 is 10.2 Å². The molecule has 0 bridgehead atoms. The van der Waals surface area contributed by atoms with E-state index >= 15 is 0 Å². The van der Waals surface area contributed by atoms with Crippen LogP contribution >= 0.6 is 11.3 Å². The van der Waals surface area contributed by atoms with Gasteiger partial charge in [-0.25, -0.2) is 9.78 Å². The van der Waals surface area contributed by atoms with E-state index in [4.69, 9.17) is 9.72 Å². The number of anilines is 1. The maximum atomic E-state index is 12.1. The maximum absolute atomic E-state index is 12.1. The molecule has 0 unspecified atom stereocenters. The van der Waals surface area contributed by atoms with Crippen LogP contribution in [0.15, 0.2) is 0 Å². The number of amides is 1. The maximum Gasteiger partial charge on any atom is 0.410 e. The molecule has 7 heteroatoms. The lowest BCUT2D eigenvalue weighted by Gasteiger charge is -2.35. The first-order valence-electron chi connectivity index (χ1n) is 7.84. The lowest BCUT2D eigenvalue weighted by atomic mass is 10.2. The van der Waals surface area contributed by atoms with Crippen molar-refractivity contribution in [2.75, 3.05) is 37.6 Å². The van der Waals surface area contributed by atoms with Gasteiger partial charge in [-0.05, 0) is 20.8 Å². The number of carbonyl (C=O) groups excluding carboxylic acids is 1. The van der Waals surface area contributed by atoms with Crippen molar-refractivity contribution in [1.29, 1.82) is 0 Å². The third-order valence-electron chi connectivity index (χ3n) is 3.79. The summed E-state index contributed by atoms with van der Waals surface area (Å²) >= 11 is 1.78. The van der Waals surface area contributed by atoms with E-state index in [9.17, 15) is 4.79 Å². The van der Waals surface area contributed by atoms with Gasteiger partial charge in [-0.15, -0.1) is 11.3 Å². The molecule has 0 aliphatic carbocycles. The third kappa shape index (κ3) is 3.52. The molecule has 0 atom stereocenters. The summed E-state index contributed by atoms with van der Waals surface area (Å²) in [5.41, 5.74) is 0.809. The standard InChI is InChI=1S/C15H24N4O2S/c1-15(2,3)21-14(20)19-8-6-18(7-9-19)13-17-11-4-5-16-10-12(11)22-13/h16H,4-10H2,1-3H3. The Labute approximate surface area is 135 Å². The molecule has 22 heavy (non-hydrogen) atoms. The molecule has 0 radical (unpaired) electrons. The molecule has 1 fully saturated rings. The number of carbonyl (C=O) groups is 1. The summed E-state index contributed by atoms with van der Waals surface area (Å²) in [7, 11) is 0. The normalized spacial score (nSPS) is 19.0. The van der Waals surface area contributed by atoms with Gasteiger partial charge in [0.15, 0.2) is 5.13 Å². The highest BCUT2D eigenvalue weighted by Crippen LogP contribution is 2.29. The van der Waals surface area contributed by atoms with Crippen LogP contribution in [0.3, 0.4) is 0 Å². The molecular weight excluding hydrogens is 300 g/mol. The summed E-state index contributed by atoms with van der Waals surface area (Å²) in [5, 5.41) is 4.48. The van der Waals surface area contributed by atoms with Crippen molar-refractivity contribution in [2.45, 2.75) is 39.3 Å². The molecule has 122 valence electrons. The Balaban J connectivity index is 1.57. The first-order valence-corrected chi connectivity index (χ1v) is 8.66. The number of fused-ring (bicyclic) bond motifs is 1. The van der Waals surface area contributed by atoms with Crippen molar-refractivity contribution in [1.82, 2.24) is 15.2 Å². The molecule has 1 aromatic heterocycles. The van der Waals surface area contributed by atoms with Gasteiger partial charge in [-0.1, -0.05) is 0 Å². The number of thiazole rings is 1. The van der Waals surface area contributed by atoms with Crippen LogP contribution in [0.1, 0.15) is 31.3 Å². The smallest absolute Gasteiger partial charge is 0.410 e. The number of nitrogens with one attached hydrogen (secondary N) is 1. The fraction of sp³-hybridized carbons (Fsp3) is 0.733. The van der Waals surface area contributed by atoms with Crippen molar-refractivity contribution in [2.24, 2.45) is 0 Å². The van der Waals surface area contributed by atoms with Crippen molar-refractivity contribution in [3.63, 3.8) is 0 Å². The second-order valence-electron chi connectivity index (χ2n) is 6.75. The van der Waals surface area contributed by atoms with E-state index in [1.54, 1.807) is 16.2 Å². The first-order chi connectivity index (χ1) is 10.4. The summed E-state index contributed by atoms with van der Waals surface area (Å²) in [5.74, 6) is 0. The van der Waals surface area contributed by atoms with Gasteiger partial charge < -0.3 is 19.9 Å². The molecular formula is C15H24N4O2S. The van der Waals surface area contributed by atoms with Crippen LogP contribution in [0.4, 0.5) is 9.93 Å². The lowest BCUT2D eigenvalue weighted by Crippen LogP contribution is -2.50. The van der Waals surface area contributed by atoms with Gasteiger partial charge in [0.05, 0.1) is 5.69 Å². The van der Waals surface area contributed by atoms with Crippen LogP contribution in [0.25, 0.3) is 0 Å². The van der Waals surface area contributed by atoms with Crippen LogP contribution in [0.2, 0.25) is 0 Å². The highest BCUT2D eigenvalue weighted by Gasteiger charge is 2.27. The summed E-state index contributed by atoms with van der Waals surface area (Å²) in [6.45, 7) is 10.7. The van der Waals surface area contributed by atoms with E-state index in [1.165, 1.54) is 10.6 Å². The molecule has 2 aliphatic heterocycles. The van der Waals surface area contributed by atoms with E-state index < -0.39 is 5.60 Å². The number of ether oxygens (including phenoxy) is 1. The number of aromatic nitrogens is 1. The average molecular weight is 324 g/mol. The summed E-state index contributed by atoms with van der Waals surface area (Å²) < 4.78 is 5.43. The van der Waals surface area contributed by atoms with E-state index in [1.807, 2.05) is 20.8 Å². The fourth-order valence-corrected chi connectivity index (χ4v) is 3.78. The van der Waals surface area contributed by atoms with Crippen LogP contribution in [-0.4, -0.2) is 54.3 Å². The summed E-state index contributed by atoms with van der Waals surface area (Å²) in [4.78, 5) is 22.3. The SMILES string of the molecule is CC(C)(C)OC(=O)N1CCN(c2nc3c(s2)CNCC3)CC1. The number of hydrogen-bond acceptors (Lipinski definition) is 6. The Kier molecular flexibility index (Phi) is 4.27. The zero-order valence-electron chi connectivity index (χ0n) is 13.5. The van der Waals surface area contributed by atoms with Crippen LogP contribution in [0, 0.1) is 0 Å². The molecule has 1 amide bonds. The van der Waals surface area contributed by atoms with Gasteiger partial charge >= 0.3 is 6.09 Å². The Morgan fingerprint density at radius 1 is 1.27 bits per heavy atom. The molecule has 0 aromatic carbocycles. The number of rotatable bonds is 1. The van der Waals surface area contributed by atoms with Crippen LogP contribution in [-0.2, 0) is 17.7 Å². The Bertz CT molecular complexity index is 521. The first kappa shape index (κ1) is 15.6. The molecule has 3 rings (SSSR count). The van der Waals surface area contributed by atoms with Crippen molar-refractivity contribution in [3.8, 4) is 0 Å². The van der Waals surface area contributed by atoms with Gasteiger partial charge in [-0.3, -0.25) is 0 Å². The third-order valence-corrected chi connectivity index (χ3v) is 4.95. The van der Waals surface area contributed by atoms with E-state index in [2.05, 4.69) is 10.2 Å². The molecule has 1 saturated heterocycles. The molecule has 1 aromatic rings. The number of nitrogens with zero attached hydrogens (tertiary/aromatic N) is 3. The lowest BCUT2D eigenvalue weighted by molar-refractivity contribution is 0.0240. The highest BCUT2D eigenvalue weighted by molar-refractivity contribution is 7.15. The number of piperazine rings is 1. The largest absolute Gasteiger partial charge is 0.444 e. The van der Waals surface area contributed by atoms with Gasteiger partial charge in [0, 0.05) is 50.6 Å². The molecule has 0 spiro atoms. The zero-order chi connectivity index (χ0) is 15.7. The predicted molar refractivity (Wildman–Crippen MR) is 87.5 cm³/mol. The van der Waals surface area contributed by atoms with E-state index in [-0.39, 0.29) is 6.09 Å². The molecule has 3 heterocycles. The van der Waals surface area contributed by atoms with Gasteiger partial charge in [-0.2, -0.15) is 0 Å². The monoisotopic (exact) mass is 324 g/mol. The molecule has 0 saturated carbocycles. The van der Waals surface area contributed by atoms with Gasteiger partial charge in [0.1, 0.15) is 5.60 Å². The minimum Gasteiger partial charge on any atom is -0.444 e. The second-order valence-corrected chi connectivity index (χ2v) is 7.81. The summed E-state index contributed by atoms with van der Waals surface area (Å²) in [6.07, 6.45) is 0.804. The van der Waals surface area contributed by atoms with E-state index in [0.717, 1.165) is 37.7 Å². The number of hydrogen-bond donors (Lipinski definition) is 1. The Hall–Kier alpha value is -1.34. The zero-order valence-corrected chi connectivity index (χ0v) is 14.3. The quantitative estimate of drug-likeness (QED) is 0.854. The molecule has 1 N–H and O–H groups in total. The van der Waals surface area contributed by atoms with Crippen molar-refractivity contribution < 1.29 is 9.53 Å². The van der Waals surface area contributed by atoms with Crippen LogP contribution in [0.5, 0.6) is 0 Å². The minimum atomic E-state index is -0.435. The Morgan fingerprint density at radius 3 is 2.64 bits per heavy atom. The van der Waals surface area contributed by atoms with Crippen molar-refractivity contribution in [3.05, 3.63) is 10.6 Å². The van der Waals surface area contributed by atoms with Gasteiger partial charge in [0.2, 0.25) is 0 Å². The van der Waals surface area contributed by atoms with Gasteiger partial charge in [0.25, 0.3) is 0 Å². The van der Waals surface area contributed by atoms with Crippen molar-refractivity contribution >= 4 is 22.6 Å². The summed E-state index contributed by atoms with van der Waals surface area (Å²) in [6, 6.07) is 0. The Morgan fingerprint density at radius 2 is 2.00 bits per heavy atom. The highest BCUT2D eigenvalue weighted by atomic mass is 32.1.